The summed E-state index contributed by atoms with van der Waals surface area (Å²) in [4.78, 5) is 72.7. The number of carbonyl (C=O) groups excluding carboxylic acids is 4. The van der Waals surface area contributed by atoms with Gasteiger partial charge in [0.05, 0.1) is 59.8 Å². The molecule has 16 nitrogen and oxygen atoms in total. The lowest BCUT2D eigenvalue weighted by Crippen LogP contribution is -2.42. The molecule has 0 spiro atoms. The summed E-state index contributed by atoms with van der Waals surface area (Å²) < 4.78 is 9.67. The van der Waals surface area contributed by atoms with Crippen LogP contribution in [-0.4, -0.2) is 91.2 Å². The number of rotatable bonds is 10. The molecule has 7 aromatic rings. The zero-order valence-electron chi connectivity index (χ0n) is 34.1. The van der Waals surface area contributed by atoms with Crippen molar-refractivity contribution in [3.8, 4) is 22.5 Å². The third-order valence-electron chi connectivity index (χ3n) is 11.6. The molecule has 0 saturated carbocycles. The minimum atomic E-state index is -0.904. The van der Waals surface area contributed by atoms with E-state index in [4.69, 9.17) is 19.4 Å². The van der Waals surface area contributed by atoms with Gasteiger partial charge in [-0.15, -0.1) is 10.2 Å². The van der Waals surface area contributed by atoms with Crippen molar-refractivity contribution < 1.29 is 28.7 Å². The quantitative estimate of drug-likeness (QED) is 0.110. The zero-order chi connectivity index (χ0) is 42.7. The van der Waals surface area contributed by atoms with Crippen molar-refractivity contribution in [1.29, 1.82) is 0 Å². The average Bonchev–Trinajstić information content (AvgIpc) is 4.16. The first kappa shape index (κ1) is 39.8. The molecular formula is C46H44N10O6. The number of nitrogens with zero attached hydrogens (tertiary/aromatic N) is 6. The summed E-state index contributed by atoms with van der Waals surface area (Å²) in [6.07, 6.45) is 1.67. The number of aromatic amines is 2. The Morgan fingerprint density at radius 1 is 0.597 bits per heavy atom. The number of hydrogen-bond donors (Lipinski definition) is 4. The highest BCUT2D eigenvalue weighted by Gasteiger charge is 2.38. The largest absolute Gasteiger partial charge is 0.453 e. The van der Waals surface area contributed by atoms with Crippen LogP contribution in [0.1, 0.15) is 72.6 Å². The second-order valence-corrected chi connectivity index (χ2v) is 15.4. The molecule has 5 heterocycles. The van der Waals surface area contributed by atoms with Crippen LogP contribution in [0.3, 0.4) is 0 Å². The third kappa shape index (κ3) is 7.89. The van der Waals surface area contributed by atoms with Gasteiger partial charge in [-0.2, -0.15) is 0 Å². The van der Waals surface area contributed by atoms with Crippen molar-refractivity contribution in [2.24, 2.45) is 0 Å². The lowest BCUT2D eigenvalue weighted by Gasteiger charge is -2.28. The maximum atomic E-state index is 14.0. The van der Waals surface area contributed by atoms with E-state index in [1.54, 1.807) is 9.80 Å². The van der Waals surface area contributed by atoms with Gasteiger partial charge in [-0.05, 0) is 73.2 Å². The molecule has 314 valence electrons. The summed E-state index contributed by atoms with van der Waals surface area (Å²) in [5.41, 5.74) is 7.48. The summed E-state index contributed by atoms with van der Waals surface area (Å²) in [6, 6.07) is 31.4. The number of ether oxygens (including phenoxy) is 2. The van der Waals surface area contributed by atoms with E-state index in [1.807, 2.05) is 109 Å². The van der Waals surface area contributed by atoms with Gasteiger partial charge in [-0.25, -0.2) is 19.6 Å². The fourth-order valence-electron chi connectivity index (χ4n) is 8.51. The van der Waals surface area contributed by atoms with E-state index in [2.05, 4.69) is 30.8 Å². The van der Waals surface area contributed by atoms with Gasteiger partial charge in [0.1, 0.15) is 23.7 Å². The highest BCUT2D eigenvalue weighted by Crippen LogP contribution is 2.36. The Morgan fingerprint density at radius 3 is 1.40 bits per heavy atom. The first-order chi connectivity index (χ1) is 30.3. The number of amides is 4. The number of benzene rings is 4. The van der Waals surface area contributed by atoms with Crippen molar-refractivity contribution in [2.75, 3.05) is 27.3 Å². The maximum Gasteiger partial charge on any atom is 0.407 e. The van der Waals surface area contributed by atoms with Crippen LogP contribution in [0.5, 0.6) is 0 Å². The molecule has 4 amide bonds. The van der Waals surface area contributed by atoms with Crippen LogP contribution in [0.25, 0.3) is 44.6 Å². The second kappa shape index (κ2) is 17.2. The zero-order valence-corrected chi connectivity index (χ0v) is 34.1. The fraction of sp³-hybridized carbons (Fsp3) is 0.261. The van der Waals surface area contributed by atoms with Crippen LogP contribution < -0.4 is 10.6 Å². The van der Waals surface area contributed by atoms with E-state index >= 15 is 0 Å². The van der Waals surface area contributed by atoms with Gasteiger partial charge in [0.15, 0.2) is 0 Å². The number of carbonyl (C=O) groups is 4. The molecule has 0 bridgehead atoms. The van der Waals surface area contributed by atoms with E-state index in [0.717, 1.165) is 58.9 Å². The molecule has 0 unspecified atom stereocenters. The summed E-state index contributed by atoms with van der Waals surface area (Å²) in [5.74, 6) is 0.879. The highest BCUT2D eigenvalue weighted by atomic mass is 16.5. The Hall–Kier alpha value is -7.62. The number of nitrogens with one attached hydrogen (secondary N) is 4. The van der Waals surface area contributed by atoms with E-state index in [9.17, 15) is 19.2 Å². The van der Waals surface area contributed by atoms with Crippen LogP contribution in [0.2, 0.25) is 0 Å². The van der Waals surface area contributed by atoms with E-state index < -0.39 is 24.3 Å². The van der Waals surface area contributed by atoms with E-state index in [1.165, 1.54) is 14.2 Å². The smallest absolute Gasteiger partial charge is 0.407 e. The molecule has 62 heavy (non-hydrogen) atoms. The van der Waals surface area contributed by atoms with Crippen molar-refractivity contribution >= 4 is 46.1 Å². The predicted octanol–water partition coefficient (Wildman–Crippen LogP) is 7.08. The Labute approximate surface area is 356 Å². The van der Waals surface area contributed by atoms with Crippen LogP contribution in [0.4, 0.5) is 9.59 Å². The SMILES string of the molecule is COC(=O)N[C@H](C(=O)N1CCC[C@H]1c1nc2ccc(-c3ccc(-c4ccc5nc([C@H]6CCCN6C(=O)[C@H](NC(=O)OC)c6ccccc6)[nH]c5c4)nn3)cc2[nH]1)c1ccccc1. The number of methoxy groups -OCH3 is 2. The lowest BCUT2D eigenvalue weighted by atomic mass is 10.1. The van der Waals surface area contributed by atoms with Crippen molar-refractivity contribution in [1.82, 2.24) is 50.6 Å². The Morgan fingerprint density at radius 2 is 1.02 bits per heavy atom. The Kier molecular flexibility index (Phi) is 11.0. The first-order valence-corrected chi connectivity index (χ1v) is 20.5. The number of hydrogen-bond acceptors (Lipinski definition) is 10. The van der Waals surface area contributed by atoms with Crippen LogP contribution in [-0.2, 0) is 19.1 Å². The highest BCUT2D eigenvalue weighted by molar-refractivity contribution is 5.89. The summed E-state index contributed by atoms with van der Waals surface area (Å²) in [7, 11) is 2.55. The van der Waals surface area contributed by atoms with Gasteiger partial charge in [0.2, 0.25) is 0 Å². The van der Waals surface area contributed by atoms with Crippen LogP contribution in [0.15, 0.2) is 109 Å². The van der Waals surface area contributed by atoms with Gasteiger partial charge < -0.3 is 39.9 Å². The molecule has 2 aliphatic rings. The van der Waals surface area contributed by atoms with Crippen molar-refractivity contribution in [2.45, 2.75) is 49.9 Å². The topological polar surface area (TPSA) is 200 Å². The third-order valence-corrected chi connectivity index (χ3v) is 11.6. The first-order valence-electron chi connectivity index (χ1n) is 20.5. The van der Waals surface area contributed by atoms with Gasteiger partial charge in [-0.1, -0.05) is 72.8 Å². The molecule has 0 radical (unpaired) electrons. The van der Waals surface area contributed by atoms with Crippen molar-refractivity contribution in [3.63, 3.8) is 0 Å². The standard InChI is InChI=1S/C46H44N10O6/c1-61-45(59)51-39(27-11-5-3-6-12-27)43(57)55-23-9-15-37(55)41-47-33-19-17-29(25-35(33)49-41)31-21-22-32(54-53-31)30-18-20-34-36(26-30)50-42(48-34)38-16-10-24-56(38)44(58)40(52-46(60)62-2)28-13-7-4-8-14-28/h3-8,11-14,17-22,25-26,37-40H,9-10,15-16,23-24H2,1-2H3,(H,47,49)(H,48,50)(H,51,59)(H,52,60)/t37-,38+,39-,40+. The molecule has 2 aliphatic heterocycles. The minimum Gasteiger partial charge on any atom is -0.453 e. The van der Waals surface area contributed by atoms with Crippen LogP contribution in [0, 0.1) is 0 Å². The maximum absolute atomic E-state index is 14.0. The minimum absolute atomic E-state index is 0.233. The van der Waals surface area contributed by atoms with Gasteiger partial charge in [0, 0.05) is 24.2 Å². The predicted molar refractivity (Wildman–Crippen MR) is 229 cm³/mol. The number of likely N-dealkylation sites (tertiary alicyclic amines) is 2. The molecule has 4 atom stereocenters. The van der Waals surface area contributed by atoms with Gasteiger partial charge in [0.25, 0.3) is 11.8 Å². The summed E-state index contributed by atoms with van der Waals surface area (Å²) >= 11 is 0. The number of alkyl carbamates (subject to hydrolysis) is 2. The number of aromatic nitrogens is 6. The molecule has 16 heteroatoms. The Bertz CT molecular complexity index is 2570. The van der Waals surface area contributed by atoms with Gasteiger partial charge >= 0.3 is 12.2 Å². The summed E-state index contributed by atoms with van der Waals surface area (Å²) in [6.45, 7) is 1.06. The lowest BCUT2D eigenvalue weighted by molar-refractivity contribution is -0.135. The molecule has 0 aliphatic carbocycles. The molecule has 9 rings (SSSR count). The fourth-order valence-corrected chi connectivity index (χ4v) is 8.51. The van der Waals surface area contributed by atoms with Crippen LogP contribution >= 0.6 is 0 Å². The Balaban J connectivity index is 0.910. The molecule has 2 fully saturated rings. The van der Waals surface area contributed by atoms with E-state index in [-0.39, 0.29) is 23.9 Å². The van der Waals surface area contributed by atoms with Crippen molar-refractivity contribution in [3.05, 3.63) is 132 Å². The molecular weight excluding hydrogens is 789 g/mol. The average molecular weight is 833 g/mol. The number of imidazole rings is 2. The van der Waals surface area contributed by atoms with Gasteiger partial charge in [-0.3, -0.25) is 9.59 Å². The number of fused-ring (bicyclic) bond motifs is 2. The summed E-state index contributed by atoms with van der Waals surface area (Å²) in [5, 5.41) is 14.6. The van der Waals surface area contributed by atoms with E-state index in [0.29, 0.717) is 47.3 Å². The second-order valence-electron chi connectivity index (χ2n) is 15.4. The molecule has 4 N–H and O–H groups in total. The molecule has 4 aromatic carbocycles. The normalized spacial score (nSPS) is 17.2. The molecule has 3 aromatic heterocycles. The molecule has 2 saturated heterocycles. The monoisotopic (exact) mass is 832 g/mol. The number of H-pyrrole nitrogens is 2.